The van der Waals surface area contributed by atoms with E-state index in [9.17, 15) is 0 Å². The first kappa shape index (κ1) is 18.1. The van der Waals surface area contributed by atoms with E-state index in [1.165, 1.54) is 16.7 Å². The number of rotatable bonds is 7. The zero-order valence-electron chi connectivity index (χ0n) is 15.3. The molecule has 2 aromatic rings. The van der Waals surface area contributed by atoms with Gasteiger partial charge in [0, 0.05) is 39.6 Å². The highest BCUT2D eigenvalue weighted by atomic mass is 15.2. The van der Waals surface area contributed by atoms with E-state index in [2.05, 4.69) is 76.8 Å². The van der Waals surface area contributed by atoms with Crippen LogP contribution in [0.15, 0.2) is 47.7 Å². The number of nitrogens with zero attached hydrogens (tertiary/aromatic N) is 2. The van der Waals surface area contributed by atoms with E-state index < -0.39 is 0 Å². The molecule has 0 saturated heterocycles. The molecular formula is C20H30N4. The molecule has 0 aliphatic heterocycles. The third-order valence-corrected chi connectivity index (χ3v) is 4.16. The normalized spacial score (nSPS) is 11.8. The van der Waals surface area contributed by atoms with Gasteiger partial charge in [0.15, 0.2) is 5.96 Å². The molecule has 0 aliphatic rings. The van der Waals surface area contributed by atoms with Crippen molar-refractivity contribution in [3.8, 4) is 0 Å². The lowest BCUT2D eigenvalue weighted by molar-refractivity contribution is 0.741. The Kier molecular flexibility index (Phi) is 6.91. The van der Waals surface area contributed by atoms with Crippen LogP contribution in [-0.2, 0) is 20.0 Å². The fourth-order valence-electron chi connectivity index (χ4n) is 2.64. The average Bonchev–Trinajstić information content (AvgIpc) is 3.00. The highest BCUT2D eigenvalue weighted by Gasteiger charge is 2.01. The van der Waals surface area contributed by atoms with Gasteiger partial charge in [-0.25, -0.2) is 0 Å². The van der Waals surface area contributed by atoms with Crippen LogP contribution < -0.4 is 10.6 Å². The van der Waals surface area contributed by atoms with Gasteiger partial charge in [0.25, 0.3) is 0 Å². The van der Waals surface area contributed by atoms with Crippen LogP contribution in [0.2, 0.25) is 0 Å². The number of benzene rings is 1. The van der Waals surface area contributed by atoms with Crippen LogP contribution in [-0.4, -0.2) is 24.1 Å². The van der Waals surface area contributed by atoms with Crippen LogP contribution in [0.3, 0.4) is 0 Å². The van der Waals surface area contributed by atoms with E-state index in [0.29, 0.717) is 5.92 Å². The van der Waals surface area contributed by atoms with Crippen molar-refractivity contribution >= 4 is 5.96 Å². The minimum absolute atomic E-state index is 0.597. The first-order valence-corrected chi connectivity index (χ1v) is 8.72. The number of aryl methyl sites for hydroxylation is 2. The third-order valence-electron chi connectivity index (χ3n) is 4.16. The monoisotopic (exact) mass is 326 g/mol. The summed E-state index contributed by atoms with van der Waals surface area (Å²) in [5, 5.41) is 6.72. The molecule has 0 amide bonds. The van der Waals surface area contributed by atoms with E-state index in [1.807, 2.05) is 14.1 Å². The van der Waals surface area contributed by atoms with Crippen molar-refractivity contribution in [1.82, 2.24) is 15.2 Å². The number of nitrogens with one attached hydrogen (secondary N) is 2. The van der Waals surface area contributed by atoms with Crippen LogP contribution in [0.1, 0.15) is 42.9 Å². The maximum Gasteiger partial charge on any atom is 0.191 e. The number of aromatic nitrogens is 1. The maximum atomic E-state index is 4.27. The summed E-state index contributed by atoms with van der Waals surface area (Å²) in [6.07, 6.45) is 6.34. The molecule has 0 atom stereocenters. The molecule has 1 heterocycles. The molecule has 1 aromatic carbocycles. The van der Waals surface area contributed by atoms with E-state index in [1.54, 1.807) is 0 Å². The van der Waals surface area contributed by atoms with Crippen molar-refractivity contribution in [2.45, 2.75) is 39.2 Å². The van der Waals surface area contributed by atoms with E-state index in [4.69, 9.17) is 0 Å². The predicted octanol–water partition coefficient (Wildman–Crippen LogP) is 3.45. The highest BCUT2D eigenvalue weighted by Crippen LogP contribution is 2.15. The summed E-state index contributed by atoms with van der Waals surface area (Å²) in [6.45, 7) is 6.16. The van der Waals surface area contributed by atoms with E-state index >= 15 is 0 Å². The highest BCUT2D eigenvalue weighted by molar-refractivity contribution is 5.79. The van der Waals surface area contributed by atoms with Gasteiger partial charge in [0.2, 0.25) is 0 Å². The van der Waals surface area contributed by atoms with Crippen LogP contribution in [0.4, 0.5) is 0 Å². The second-order valence-electron chi connectivity index (χ2n) is 6.54. The molecule has 130 valence electrons. The average molecular weight is 326 g/mol. The van der Waals surface area contributed by atoms with Crippen LogP contribution in [0, 0.1) is 0 Å². The van der Waals surface area contributed by atoms with Crippen molar-refractivity contribution in [1.29, 1.82) is 0 Å². The lowest BCUT2D eigenvalue weighted by Crippen LogP contribution is -2.37. The number of aliphatic imine (C=N–C) groups is 1. The third kappa shape index (κ3) is 5.76. The molecule has 0 aliphatic carbocycles. The van der Waals surface area contributed by atoms with Crippen LogP contribution in [0.5, 0.6) is 0 Å². The summed E-state index contributed by atoms with van der Waals surface area (Å²) < 4.78 is 2.05. The van der Waals surface area contributed by atoms with Gasteiger partial charge in [0.05, 0.1) is 0 Å². The van der Waals surface area contributed by atoms with E-state index in [0.717, 1.165) is 31.9 Å². The zero-order chi connectivity index (χ0) is 17.4. The molecule has 0 bridgehead atoms. The van der Waals surface area contributed by atoms with Crippen LogP contribution in [0.25, 0.3) is 0 Å². The Hall–Kier alpha value is -2.23. The molecule has 0 unspecified atom stereocenters. The van der Waals surface area contributed by atoms with Crippen LogP contribution >= 0.6 is 0 Å². The summed E-state index contributed by atoms with van der Waals surface area (Å²) in [6, 6.07) is 11.1. The van der Waals surface area contributed by atoms with Crippen molar-refractivity contribution in [3.05, 3.63) is 59.4 Å². The number of hydrogen-bond acceptors (Lipinski definition) is 1. The first-order chi connectivity index (χ1) is 11.6. The maximum absolute atomic E-state index is 4.27. The Morgan fingerprint density at radius 1 is 1.08 bits per heavy atom. The fraction of sp³-hybridized carbons (Fsp3) is 0.450. The van der Waals surface area contributed by atoms with Gasteiger partial charge in [-0.3, -0.25) is 4.99 Å². The Morgan fingerprint density at radius 2 is 1.83 bits per heavy atom. The summed E-state index contributed by atoms with van der Waals surface area (Å²) in [5.41, 5.74) is 4.06. The quantitative estimate of drug-likeness (QED) is 0.465. The minimum atomic E-state index is 0.597. The van der Waals surface area contributed by atoms with E-state index in [-0.39, 0.29) is 0 Å². The number of guanidine groups is 1. The summed E-state index contributed by atoms with van der Waals surface area (Å²) in [4.78, 5) is 4.27. The molecule has 1 aromatic heterocycles. The van der Waals surface area contributed by atoms with Crippen molar-refractivity contribution in [3.63, 3.8) is 0 Å². The van der Waals surface area contributed by atoms with Crippen molar-refractivity contribution < 1.29 is 0 Å². The summed E-state index contributed by atoms with van der Waals surface area (Å²) in [7, 11) is 3.84. The lowest BCUT2D eigenvalue weighted by atomic mass is 10.0. The summed E-state index contributed by atoms with van der Waals surface area (Å²) in [5.74, 6) is 1.45. The summed E-state index contributed by atoms with van der Waals surface area (Å²) >= 11 is 0. The Morgan fingerprint density at radius 3 is 2.42 bits per heavy atom. The first-order valence-electron chi connectivity index (χ1n) is 8.72. The minimum Gasteiger partial charge on any atom is -0.357 e. The topological polar surface area (TPSA) is 41.4 Å². The molecule has 2 rings (SSSR count). The van der Waals surface area contributed by atoms with Gasteiger partial charge in [-0.15, -0.1) is 0 Å². The molecule has 4 nitrogen and oxygen atoms in total. The van der Waals surface area contributed by atoms with Crippen molar-refractivity contribution in [2.24, 2.45) is 12.0 Å². The standard InChI is InChI=1S/C20H30N4/c1-16(2)19-9-7-17(8-10-19)6-5-12-22-20(21-3)23-14-18-11-13-24(4)15-18/h7-11,13,15-16H,5-6,12,14H2,1-4H3,(H2,21,22,23). The Balaban J connectivity index is 1.68. The lowest BCUT2D eigenvalue weighted by Gasteiger charge is -2.11. The SMILES string of the molecule is CN=C(NCCCc1ccc(C(C)C)cc1)NCc1ccn(C)c1. The number of hydrogen-bond donors (Lipinski definition) is 2. The van der Waals surface area contributed by atoms with Gasteiger partial charge < -0.3 is 15.2 Å². The van der Waals surface area contributed by atoms with Gasteiger partial charge in [-0.2, -0.15) is 0 Å². The van der Waals surface area contributed by atoms with Crippen molar-refractivity contribution in [2.75, 3.05) is 13.6 Å². The molecule has 24 heavy (non-hydrogen) atoms. The molecule has 0 fully saturated rings. The fourth-order valence-corrected chi connectivity index (χ4v) is 2.64. The van der Waals surface area contributed by atoms with Gasteiger partial charge in [-0.1, -0.05) is 38.1 Å². The Bertz CT molecular complexity index is 638. The smallest absolute Gasteiger partial charge is 0.191 e. The molecule has 0 radical (unpaired) electrons. The predicted molar refractivity (Wildman–Crippen MR) is 102 cm³/mol. The Labute approximate surface area is 146 Å². The largest absolute Gasteiger partial charge is 0.357 e. The second-order valence-corrected chi connectivity index (χ2v) is 6.54. The molecule has 2 N–H and O–H groups in total. The van der Waals surface area contributed by atoms with Gasteiger partial charge >= 0.3 is 0 Å². The molecule has 4 heteroatoms. The zero-order valence-corrected chi connectivity index (χ0v) is 15.3. The van der Waals surface area contributed by atoms with Gasteiger partial charge in [0.1, 0.15) is 0 Å². The second kappa shape index (κ2) is 9.16. The molecular weight excluding hydrogens is 296 g/mol. The molecule has 0 saturated carbocycles. The van der Waals surface area contributed by atoms with Gasteiger partial charge in [-0.05, 0) is 41.5 Å². The molecule has 0 spiro atoms.